The van der Waals surface area contributed by atoms with Crippen molar-refractivity contribution in [2.24, 2.45) is 5.73 Å². The van der Waals surface area contributed by atoms with Gasteiger partial charge in [-0.15, -0.1) is 0 Å². The molecule has 1 amide bonds. The Morgan fingerprint density at radius 1 is 1.05 bits per heavy atom. The number of para-hydroxylation sites is 1. The Morgan fingerprint density at radius 3 is 2.05 bits per heavy atom. The van der Waals surface area contributed by atoms with Gasteiger partial charge in [0.1, 0.15) is 0 Å². The van der Waals surface area contributed by atoms with E-state index in [0.29, 0.717) is 5.69 Å². The minimum absolute atomic E-state index is 0.213. The molecule has 0 heterocycles. The predicted molar refractivity (Wildman–Crippen MR) is 80.7 cm³/mol. The molecule has 2 aromatic carbocycles. The largest absolute Gasteiger partial charge is 0.369 e. The zero-order valence-corrected chi connectivity index (χ0v) is 11.3. The Kier molecular flexibility index (Phi) is 4.15. The zero-order valence-electron chi connectivity index (χ0n) is 11.3. The molecule has 3 N–H and O–H groups in total. The molecule has 0 radical (unpaired) electrons. The minimum Gasteiger partial charge on any atom is -0.369 e. The van der Waals surface area contributed by atoms with Crippen LogP contribution in [-0.2, 0) is 4.79 Å². The monoisotopic (exact) mass is 267 g/mol. The van der Waals surface area contributed by atoms with E-state index in [-0.39, 0.29) is 17.8 Å². The van der Waals surface area contributed by atoms with E-state index in [4.69, 9.17) is 11.1 Å². The Labute approximate surface area is 118 Å². The molecule has 1 atom stereocenters. The second kappa shape index (κ2) is 6.02. The summed E-state index contributed by atoms with van der Waals surface area (Å²) in [7, 11) is 0. The molecule has 102 valence electrons. The predicted octanol–water partition coefficient (Wildman–Crippen LogP) is 2.72. The third-order valence-corrected chi connectivity index (χ3v) is 3.15. The van der Waals surface area contributed by atoms with Gasteiger partial charge in [0.15, 0.2) is 5.96 Å². The van der Waals surface area contributed by atoms with Gasteiger partial charge in [-0.25, -0.2) is 0 Å². The normalized spacial score (nSPS) is 11.7. The number of benzene rings is 2. The first-order chi connectivity index (χ1) is 9.61. The number of carbonyl (C=O) groups is 1. The molecule has 4 heteroatoms. The summed E-state index contributed by atoms with van der Waals surface area (Å²) in [5, 5.41) is 7.66. The Morgan fingerprint density at radius 2 is 1.55 bits per heavy atom. The van der Waals surface area contributed by atoms with Crippen molar-refractivity contribution in [2.45, 2.75) is 12.8 Å². The van der Waals surface area contributed by atoms with Gasteiger partial charge in [-0.05, 0) is 24.6 Å². The molecule has 0 aliphatic heterocycles. The summed E-state index contributed by atoms with van der Waals surface area (Å²) in [6.45, 7) is 1.82. The van der Waals surface area contributed by atoms with Crippen LogP contribution in [0.15, 0.2) is 60.7 Å². The molecule has 0 aliphatic carbocycles. The molecule has 0 fully saturated rings. The van der Waals surface area contributed by atoms with Gasteiger partial charge in [-0.3, -0.25) is 15.1 Å². The fourth-order valence-corrected chi connectivity index (χ4v) is 2.04. The summed E-state index contributed by atoms with van der Waals surface area (Å²) in [5.41, 5.74) is 7.08. The van der Waals surface area contributed by atoms with Crippen molar-refractivity contribution in [3.63, 3.8) is 0 Å². The van der Waals surface area contributed by atoms with Gasteiger partial charge in [0.05, 0.1) is 11.6 Å². The first-order valence-corrected chi connectivity index (χ1v) is 6.39. The lowest BCUT2D eigenvalue weighted by atomic mass is 9.99. The highest BCUT2D eigenvalue weighted by molar-refractivity contribution is 6.16. The summed E-state index contributed by atoms with van der Waals surface area (Å²) < 4.78 is 0. The van der Waals surface area contributed by atoms with Crippen molar-refractivity contribution in [1.29, 1.82) is 5.41 Å². The van der Waals surface area contributed by atoms with Crippen molar-refractivity contribution in [3.05, 3.63) is 66.2 Å². The van der Waals surface area contributed by atoms with Crippen LogP contribution in [0, 0.1) is 5.41 Å². The molecule has 0 spiro atoms. The molecule has 0 aliphatic rings. The SMILES string of the molecule is C[C@H](C(=O)N(C(=N)N)c1ccccc1)c1ccccc1. The average molecular weight is 267 g/mol. The van der Waals surface area contributed by atoms with Crippen LogP contribution in [0.3, 0.4) is 0 Å². The molecule has 20 heavy (non-hydrogen) atoms. The molecule has 0 aromatic heterocycles. The van der Waals surface area contributed by atoms with Crippen molar-refractivity contribution >= 4 is 17.6 Å². The van der Waals surface area contributed by atoms with Gasteiger partial charge >= 0.3 is 0 Å². The lowest BCUT2D eigenvalue weighted by Crippen LogP contribution is -2.43. The summed E-state index contributed by atoms with van der Waals surface area (Å²) in [5.74, 6) is -0.848. The van der Waals surface area contributed by atoms with Crippen molar-refractivity contribution in [1.82, 2.24) is 0 Å². The van der Waals surface area contributed by atoms with E-state index < -0.39 is 0 Å². The third-order valence-electron chi connectivity index (χ3n) is 3.15. The third kappa shape index (κ3) is 2.85. The summed E-state index contributed by atoms with van der Waals surface area (Å²) >= 11 is 0. The highest BCUT2D eigenvalue weighted by atomic mass is 16.2. The average Bonchev–Trinajstić information content (AvgIpc) is 2.48. The van der Waals surface area contributed by atoms with E-state index in [1.807, 2.05) is 55.5 Å². The van der Waals surface area contributed by atoms with E-state index in [1.54, 1.807) is 12.1 Å². The van der Waals surface area contributed by atoms with Crippen molar-refractivity contribution < 1.29 is 4.79 Å². The maximum Gasteiger partial charge on any atom is 0.241 e. The number of rotatable bonds is 3. The summed E-state index contributed by atoms with van der Waals surface area (Å²) in [6.07, 6.45) is 0. The molecule has 0 unspecified atom stereocenters. The quantitative estimate of drug-likeness (QED) is 0.663. The minimum atomic E-state index is -0.361. The number of nitrogens with one attached hydrogen (secondary N) is 1. The van der Waals surface area contributed by atoms with Gasteiger partial charge in [-0.1, -0.05) is 48.5 Å². The van der Waals surface area contributed by atoms with E-state index >= 15 is 0 Å². The number of guanidine groups is 1. The summed E-state index contributed by atoms with van der Waals surface area (Å²) in [4.78, 5) is 13.8. The van der Waals surface area contributed by atoms with E-state index in [2.05, 4.69) is 0 Å². The maximum absolute atomic E-state index is 12.6. The summed E-state index contributed by atoms with van der Waals surface area (Å²) in [6, 6.07) is 18.5. The smallest absolute Gasteiger partial charge is 0.241 e. The number of amides is 1. The fraction of sp³-hybridized carbons (Fsp3) is 0.125. The van der Waals surface area contributed by atoms with Crippen LogP contribution in [0.4, 0.5) is 5.69 Å². The van der Waals surface area contributed by atoms with E-state index in [0.717, 1.165) is 5.56 Å². The van der Waals surface area contributed by atoms with Gasteiger partial charge in [-0.2, -0.15) is 0 Å². The Balaban J connectivity index is 2.31. The van der Waals surface area contributed by atoms with Gasteiger partial charge in [0.2, 0.25) is 5.91 Å². The highest BCUT2D eigenvalue weighted by Gasteiger charge is 2.25. The first-order valence-electron chi connectivity index (χ1n) is 6.39. The molecule has 2 rings (SSSR count). The van der Waals surface area contributed by atoms with Gasteiger partial charge in [0.25, 0.3) is 0 Å². The molecular formula is C16H17N3O. The molecule has 2 aromatic rings. The topological polar surface area (TPSA) is 70.2 Å². The number of anilines is 1. The van der Waals surface area contributed by atoms with Gasteiger partial charge in [0, 0.05) is 0 Å². The second-order valence-corrected chi connectivity index (χ2v) is 4.53. The second-order valence-electron chi connectivity index (χ2n) is 4.53. The van der Waals surface area contributed by atoms with Crippen LogP contribution >= 0.6 is 0 Å². The number of hydrogen-bond donors (Lipinski definition) is 2. The van der Waals surface area contributed by atoms with Crippen LogP contribution in [0.25, 0.3) is 0 Å². The maximum atomic E-state index is 12.6. The zero-order chi connectivity index (χ0) is 14.5. The van der Waals surface area contributed by atoms with E-state index in [9.17, 15) is 4.79 Å². The molecule has 0 saturated carbocycles. The van der Waals surface area contributed by atoms with Crippen molar-refractivity contribution in [2.75, 3.05) is 4.90 Å². The fourth-order valence-electron chi connectivity index (χ4n) is 2.04. The molecular weight excluding hydrogens is 250 g/mol. The van der Waals surface area contributed by atoms with Crippen molar-refractivity contribution in [3.8, 4) is 0 Å². The van der Waals surface area contributed by atoms with Crippen LogP contribution in [0.1, 0.15) is 18.4 Å². The number of hydrogen-bond acceptors (Lipinski definition) is 2. The molecule has 0 bridgehead atoms. The van der Waals surface area contributed by atoms with Gasteiger partial charge < -0.3 is 5.73 Å². The Hall–Kier alpha value is -2.62. The standard InChI is InChI=1S/C16H17N3O/c1-12(13-8-4-2-5-9-13)15(20)19(16(17)18)14-10-6-3-7-11-14/h2-12H,1H3,(H3,17,18)/t12-/m0/s1. The number of nitrogens with zero attached hydrogens (tertiary/aromatic N) is 1. The lowest BCUT2D eigenvalue weighted by molar-refractivity contribution is -0.118. The molecule has 0 saturated heterocycles. The highest BCUT2D eigenvalue weighted by Crippen LogP contribution is 2.22. The Bertz CT molecular complexity index is 596. The number of nitrogens with two attached hydrogens (primary N) is 1. The van der Waals surface area contributed by atoms with E-state index in [1.165, 1.54) is 4.90 Å². The van der Waals surface area contributed by atoms with Crippen LogP contribution in [0.5, 0.6) is 0 Å². The lowest BCUT2D eigenvalue weighted by Gasteiger charge is -2.24. The number of carbonyl (C=O) groups excluding carboxylic acids is 1. The van der Waals surface area contributed by atoms with Crippen LogP contribution < -0.4 is 10.6 Å². The first kappa shape index (κ1) is 13.8. The van der Waals surface area contributed by atoms with Crippen LogP contribution in [-0.4, -0.2) is 11.9 Å². The molecule has 4 nitrogen and oxygen atoms in total. The van der Waals surface area contributed by atoms with Crippen LogP contribution in [0.2, 0.25) is 0 Å².